The van der Waals surface area contributed by atoms with E-state index in [9.17, 15) is 14.4 Å². The van der Waals surface area contributed by atoms with Gasteiger partial charge in [0.15, 0.2) is 0 Å². The summed E-state index contributed by atoms with van der Waals surface area (Å²) >= 11 is 0. The van der Waals surface area contributed by atoms with Gasteiger partial charge in [0.1, 0.15) is 0 Å². The van der Waals surface area contributed by atoms with Crippen molar-refractivity contribution in [1.29, 1.82) is 0 Å². The summed E-state index contributed by atoms with van der Waals surface area (Å²) in [5, 5.41) is 0. The second-order valence-electron chi connectivity index (χ2n) is 8.00. The van der Waals surface area contributed by atoms with Gasteiger partial charge in [0.2, 0.25) is 11.7 Å². The van der Waals surface area contributed by atoms with Crippen LogP contribution in [0.15, 0.2) is 0 Å². The highest BCUT2D eigenvalue weighted by molar-refractivity contribution is 5.86. The summed E-state index contributed by atoms with van der Waals surface area (Å²) in [7, 11) is 0. The van der Waals surface area contributed by atoms with E-state index in [1.165, 1.54) is 13.8 Å². The first kappa shape index (κ1) is 17.2. The average molecular weight is 338 g/mol. The Morgan fingerprint density at radius 3 is 2.42 bits per heavy atom. The number of fused-ring (bicyclic) bond motifs is 2. The van der Waals surface area contributed by atoms with Crippen LogP contribution in [-0.2, 0) is 28.6 Å². The van der Waals surface area contributed by atoms with Crippen molar-refractivity contribution in [3.63, 3.8) is 0 Å². The first-order valence-electron chi connectivity index (χ1n) is 8.81. The summed E-state index contributed by atoms with van der Waals surface area (Å²) in [6.07, 6.45) is 1.37. The second kappa shape index (κ2) is 6.05. The monoisotopic (exact) mass is 338 g/mol. The zero-order chi connectivity index (χ0) is 17.6. The third-order valence-electron chi connectivity index (χ3n) is 6.18. The average Bonchev–Trinajstić information content (AvgIpc) is 3.17. The van der Waals surface area contributed by atoms with Crippen molar-refractivity contribution in [2.24, 2.45) is 29.6 Å². The maximum atomic E-state index is 12.6. The fourth-order valence-electron chi connectivity index (χ4n) is 4.44. The standard InChI is InChI=1S/C18H26O6/c1-9-10(2)12-7-11(9)8-13(12)15(19)24-18(3,4)17(21)23-14-5-6-22-16(14)20/h9-14H,5-8H2,1-4H3. The zero-order valence-electron chi connectivity index (χ0n) is 14.7. The highest BCUT2D eigenvalue weighted by Gasteiger charge is 2.53. The maximum Gasteiger partial charge on any atom is 0.350 e. The molecule has 1 aliphatic heterocycles. The molecule has 6 heteroatoms. The van der Waals surface area contributed by atoms with Crippen LogP contribution in [0.2, 0.25) is 0 Å². The van der Waals surface area contributed by atoms with Gasteiger partial charge in [0.25, 0.3) is 0 Å². The van der Waals surface area contributed by atoms with Gasteiger partial charge >= 0.3 is 17.9 Å². The second-order valence-corrected chi connectivity index (χ2v) is 8.00. The Morgan fingerprint density at radius 1 is 1.17 bits per heavy atom. The fraction of sp³-hybridized carbons (Fsp3) is 0.833. The number of esters is 3. The van der Waals surface area contributed by atoms with Crippen LogP contribution in [0, 0.1) is 29.6 Å². The lowest BCUT2D eigenvalue weighted by molar-refractivity contribution is -0.187. The van der Waals surface area contributed by atoms with E-state index in [4.69, 9.17) is 14.2 Å². The minimum absolute atomic E-state index is 0.135. The number of rotatable bonds is 4. The molecule has 2 aliphatic carbocycles. The van der Waals surface area contributed by atoms with Crippen molar-refractivity contribution < 1.29 is 28.6 Å². The molecular weight excluding hydrogens is 312 g/mol. The van der Waals surface area contributed by atoms with Gasteiger partial charge in [-0.05, 0) is 50.4 Å². The molecule has 0 spiro atoms. The van der Waals surface area contributed by atoms with Crippen LogP contribution >= 0.6 is 0 Å². The van der Waals surface area contributed by atoms with Crippen LogP contribution in [0.25, 0.3) is 0 Å². The predicted octanol–water partition coefficient (Wildman–Crippen LogP) is 2.10. The van der Waals surface area contributed by atoms with E-state index >= 15 is 0 Å². The lowest BCUT2D eigenvalue weighted by atomic mass is 9.76. The van der Waals surface area contributed by atoms with Gasteiger partial charge < -0.3 is 14.2 Å². The van der Waals surface area contributed by atoms with Crippen molar-refractivity contribution >= 4 is 17.9 Å². The maximum absolute atomic E-state index is 12.6. The number of ether oxygens (including phenoxy) is 3. The van der Waals surface area contributed by atoms with Gasteiger partial charge in [0, 0.05) is 6.42 Å². The fourth-order valence-corrected chi connectivity index (χ4v) is 4.44. The predicted molar refractivity (Wildman–Crippen MR) is 83.7 cm³/mol. The smallest absolute Gasteiger partial charge is 0.350 e. The first-order valence-corrected chi connectivity index (χ1v) is 8.81. The lowest BCUT2D eigenvalue weighted by Gasteiger charge is -2.32. The van der Waals surface area contributed by atoms with Crippen LogP contribution in [0.4, 0.5) is 0 Å². The number of carbonyl (C=O) groups excluding carboxylic acids is 3. The Bertz CT molecular complexity index is 552. The first-order chi connectivity index (χ1) is 11.2. The molecule has 2 bridgehead atoms. The summed E-state index contributed by atoms with van der Waals surface area (Å²) < 4.78 is 15.4. The molecular formula is C18H26O6. The molecule has 6 atom stereocenters. The third-order valence-corrected chi connectivity index (χ3v) is 6.18. The van der Waals surface area contributed by atoms with Gasteiger partial charge in [0.05, 0.1) is 12.5 Å². The summed E-state index contributed by atoms with van der Waals surface area (Å²) in [5.41, 5.74) is -1.41. The molecule has 0 amide bonds. The molecule has 0 aromatic rings. The SMILES string of the molecule is CC1C2CC(C(=O)OC(C)(C)C(=O)OC3CCOC3=O)C(C2)C1C. The van der Waals surface area contributed by atoms with Gasteiger partial charge in [-0.2, -0.15) is 0 Å². The van der Waals surface area contributed by atoms with E-state index in [0.717, 1.165) is 12.8 Å². The van der Waals surface area contributed by atoms with Crippen molar-refractivity contribution in [3.05, 3.63) is 0 Å². The van der Waals surface area contributed by atoms with E-state index < -0.39 is 23.6 Å². The molecule has 6 nitrogen and oxygen atoms in total. The van der Waals surface area contributed by atoms with Crippen LogP contribution in [0.1, 0.15) is 47.0 Å². The molecule has 3 aliphatic rings. The Morgan fingerprint density at radius 2 is 1.88 bits per heavy atom. The molecule has 6 unspecified atom stereocenters. The Balaban J connectivity index is 1.59. The van der Waals surface area contributed by atoms with E-state index in [0.29, 0.717) is 30.1 Å². The Labute approximate surface area is 142 Å². The highest BCUT2D eigenvalue weighted by atomic mass is 16.6. The normalized spacial score (nSPS) is 38.1. The van der Waals surface area contributed by atoms with Crippen molar-refractivity contribution in [2.45, 2.75) is 58.7 Å². The van der Waals surface area contributed by atoms with Crippen LogP contribution in [0.5, 0.6) is 0 Å². The lowest BCUT2D eigenvalue weighted by Crippen LogP contribution is -2.44. The molecule has 0 radical (unpaired) electrons. The largest absolute Gasteiger partial charge is 0.463 e. The van der Waals surface area contributed by atoms with Crippen LogP contribution in [-0.4, -0.2) is 36.2 Å². The summed E-state index contributed by atoms with van der Waals surface area (Å²) in [6, 6.07) is 0. The van der Waals surface area contributed by atoms with Crippen molar-refractivity contribution in [1.82, 2.24) is 0 Å². The Kier molecular flexibility index (Phi) is 4.34. The minimum atomic E-state index is -1.41. The van der Waals surface area contributed by atoms with Crippen LogP contribution < -0.4 is 0 Å². The van der Waals surface area contributed by atoms with E-state index in [1.54, 1.807) is 0 Å². The van der Waals surface area contributed by atoms with Crippen molar-refractivity contribution in [2.75, 3.05) is 6.61 Å². The van der Waals surface area contributed by atoms with E-state index in [2.05, 4.69) is 13.8 Å². The van der Waals surface area contributed by atoms with E-state index in [1.807, 2.05) is 0 Å². The van der Waals surface area contributed by atoms with Crippen LogP contribution in [0.3, 0.4) is 0 Å². The van der Waals surface area contributed by atoms with Gasteiger partial charge in [-0.1, -0.05) is 13.8 Å². The summed E-state index contributed by atoms with van der Waals surface area (Å²) in [5.74, 6) is 0.364. The molecule has 134 valence electrons. The topological polar surface area (TPSA) is 78.9 Å². The molecule has 0 aromatic carbocycles. The number of hydrogen-bond acceptors (Lipinski definition) is 6. The molecule has 1 saturated heterocycles. The molecule has 0 N–H and O–H groups in total. The highest BCUT2D eigenvalue weighted by Crippen LogP contribution is 2.55. The number of carbonyl (C=O) groups is 3. The van der Waals surface area contributed by atoms with Gasteiger partial charge in [-0.15, -0.1) is 0 Å². The molecule has 24 heavy (non-hydrogen) atoms. The summed E-state index contributed by atoms with van der Waals surface area (Å²) in [6.45, 7) is 7.70. The van der Waals surface area contributed by atoms with E-state index in [-0.39, 0.29) is 18.5 Å². The third kappa shape index (κ3) is 2.91. The molecule has 1 heterocycles. The number of hydrogen-bond donors (Lipinski definition) is 0. The zero-order valence-corrected chi connectivity index (χ0v) is 14.7. The van der Waals surface area contributed by atoms with Gasteiger partial charge in [-0.25, -0.2) is 9.59 Å². The molecule has 3 rings (SSSR count). The van der Waals surface area contributed by atoms with Gasteiger partial charge in [-0.3, -0.25) is 4.79 Å². The quantitative estimate of drug-likeness (QED) is 0.577. The minimum Gasteiger partial charge on any atom is -0.463 e. The number of cyclic esters (lactones) is 1. The van der Waals surface area contributed by atoms with Crippen molar-refractivity contribution in [3.8, 4) is 0 Å². The molecule has 3 fully saturated rings. The molecule has 2 saturated carbocycles. The molecule has 0 aromatic heterocycles. The summed E-state index contributed by atoms with van der Waals surface area (Å²) in [4.78, 5) is 36.3. The Hall–Kier alpha value is -1.59.